The van der Waals surface area contributed by atoms with Gasteiger partial charge in [0.1, 0.15) is 9.92 Å². The smallest absolute Gasteiger partial charge is 0.287 e. The van der Waals surface area contributed by atoms with E-state index in [4.69, 9.17) is 9.15 Å². The average Bonchev–Trinajstić information content (AvgIpc) is 3.22. The molecule has 1 atom stereocenters. The highest BCUT2D eigenvalue weighted by molar-refractivity contribution is 8.00. The van der Waals surface area contributed by atoms with Crippen LogP contribution in [0, 0.1) is 6.92 Å². The van der Waals surface area contributed by atoms with Gasteiger partial charge in [0.15, 0.2) is 5.76 Å². The van der Waals surface area contributed by atoms with Crippen LogP contribution in [0.4, 0.5) is 0 Å². The largest absolute Gasteiger partial charge is 0.451 e. The number of aryl methyl sites for hydroxylation is 1. The first-order valence-electron chi connectivity index (χ1n) is 8.47. The first kappa shape index (κ1) is 18.9. The van der Waals surface area contributed by atoms with E-state index in [2.05, 4.69) is 10.3 Å². The predicted octanol–water partition coefficient (Wildman–Crippen LogP) is 4.64. The van der Waals surface area contributed by atoms with Crippen LogP contribution in [0.15, 0.2) is 38.4 Å². The maximum atomic E-state index is 12.8. The number of amides is 1. The second-order valence-corrected chi connectivity index (χ2v) is 8.06. The van der Waals surface area contributed by atoms with Gasteiger partial charge in [0, 0.05) is 34.9 Å². The molecule has 3 aromatic rings. The molecule has 0 fully saturated rings. The molecule has 0 aliphatic rings. The molecule has 1 amide bonds. The van der Waals surface area contributed by atoms with Crippen LogP contribution in [0.25, 0.3) is 11.0 Å². The molecule has 0 radical (unpaired) electrons. The van der Waals surface area contributed by atoms with Gasteiger partial charge in [0.25, 0.3) is 5.91 Å². The van der Waals surface area contributed by atoms with Crippen molar-refractivity contribution in [3.05, 3.63) is 46.7 Å². The number of para-hydroxylation sites is 1. The molecule has 0 aliphatic heterocycles. The van der Waals surface area contributed by atoms with Crippen molar-refractivity contribution in [3.63, 3.8) is 0 Å². The summed E-state index contributed by atoms with van der Waals surface area (Å²) in [6.45, 7) is 4.47. The molecule has 5 nitrogen and oxygen atoms in total. The van der Waals surface area contributed by atoms with Gasteiger partial charge >= 0.3 is 0 Å². The zero-order valence-electron chi connectivity index (χ0n) is 15.1. The summed E-state index contributed by atoms with van der Waals surface area (Å²) >= 11 is 3.24. The number of carbonyl (C=O) groups is 1. The average molecular weight is 391 g/mol. The van der Waals surface area contributed by atoms with E-state index in [0.29, 0.717) is 18.1 Å². The summed E-state index contributed by atoms with van der Waals surface area (Å²) in [5.74, 6) is 0.811. The first-order chi connectivity index (χ1) is 12.6. The van der Waals surface area contributed by atoms with Crippen molar-refractivity contribution >= 4 is 40.0 Å². The Morgan fingerprint density at radius 3 is 2.92 bits per heavy atom. The fourth-order valence-corrected chi connectivity index (χ4v) is 4.55. The van der Waals surface area contributed by atoms with Crippen LogP contribution in [0.1, 0.15) is 35.2 Å². The SMILES string of the molecule is CCC(COC)NC(=O)c1oc2ccccc2c1CSc1nc(C)cs1. The van der Waals surface area contributed by atoms with Gasteiger partial charge in [-0.3, -0.25) is 4.79 Å². The highest BCUT2D eigenvalue weighted by atomic mass is 32.2. The summed E-state index contributed by atoms with van der Waals surface area (Å²) < 4.78 is 12.1. The summed E-state index contributed by atoms with van der Waals surface area (Å²) in [4.78, 5) is 17.3. The zero-order chi connectivity index (χ0) is 18.5. The van der Waals surface area contributed by atoms with Crippen molar-refractivity contribution in [3.8, 4) is 0 Å². The van der Waals surface area contributed by atoms with Crippen LogP contribution >= 0.6 is 23.1 Å². The van der Waals surface area contributed by atoms with Gasteiger partial charge in [-0.05, 0) is 19.4 Å². The molecule has 1 unspecified atom stereocenters. The lowest BCUT2D eigenvalue weighted by Crippen LogP contribution is -2.37. The summed E-state index contributed by atoms with van der Waals surface area (Å²) in [7, 11) is 1.63. The molecule has 0 spiro atoms. The quantitative estimate of drug-likeness (QED) is 0.568. The monoisotopic (exact) mass is 390 g/mol. The van der Waals surface area contributed by atoms with Crippen LogP contribution in [0.3, 0.4) is 0 Å². The second-order valence-electron chi connectivity index (χ2n) is 5.98. The fraction of sp³-hybridized carbons (Fsp3) is 0.368. The number of methoxy groups -OCH3 is 1. The number of ether oxygens (including phenoxy) is 1. The third kappa shape index (κ3) is 4.28. The van der Waals surface area contributed by atoms with Crippen molar-refractivity contribution in [1.29, 1.82) is 0 Å². The van der Waals surface area contributed by atoms with E-state index in [1.165, 1.54) is 0 Å². The number of hydrogen-bond acceptors (Lipinski definition) is 6. The molecule has 26 heavy (non-hydrogen) atoms. The maximum Gasteiger partial charge on any atom is 0.287 e. The Balaban J connectivity index is 1.87. The minimum atomic E-state index is -0.198. The number of rotatable bonds is 8. The number of benzene rings is 1. The fourth-order valence-electron chi connectivity index (χ4n) is 2.67. The van der Waals surface area contributed by atoms with Crippen molar-refractivity contribution in [1.82, 2.24) is 10.3 Å². The summed E-state index contributed by atoms with van der Waals surface area (Å²) in [6, 6.07) is 7.71. The number of carbonyl (C=O) groups excluding carboxylic acids is 1. The minimum absolute atomic E-state index is 0.0390. The highest BCUT2D eigenvalue weighted by Crippen LogP contribution is 2.33. The van der Waals surface area contributed by atoms with E-state index < -0.39 is 0 Å². The van der Waals surface area contributed by atoms with Gasteiger partial charge in [-0.25, -0.2) is 4.98 Å². The lowest BCUT2D eigenvalue weighted by Gasteiger charge is -2.15. The minimum Gasteiger partial charge on any atom is -0.451 e. The van der Waals surface area contributed by atoms with Crippen LogP contribution in [0.5, 0.6) is 0 Å². The Bertz CT molecular complexity index is 888. The number of thioether (sulfide) groups is 1. The molecule has 0 bridgehead atoms. The van der Waals surface area contributed by atoms with Crippen LogP contribution in [-0.4, -0.2) is 30.6 Å². The second kappa shape index (κ2) is 8.70. The normalized spacial score (nSPS) is 12.4. The Labute approximate surface area is 161 Å². The van der Waals surface area contributed by atoms with Gasteiger partial charge in [0.05, 0.1) is 12.6 Å². The maximum absolute atomic E-state index is 12.8. The van der Waals surface area contributed by atoms with Crippen LogP contribution in [0.2, 0.25) is 0 Å². The van der Waals surface area contributed by atoms with Gasteiger partial charge in [-0.15, -0.1) is 11.3 Å². The molecule has 0 saturated heterocycles. The zero-order valence-corrected chi connectivity index (χ0v) is 16.7. The molecule has 0 aliphatic carbocycles. The number of fused-ring (bicyclic) bond motifs is 1. The Hall–Kier alpha value is -1.83. The first-order valence-corrected chi connectivity index (χ1v) is 10.3. The summed E-state index contributed by atoms with van der Waals surface area (Å²) in [5, 5.41) is 6.01. The Kier molecular flexibility index (Phi) is 6.34. The van der Waals surface area contributed by atoms with Gasteiger partial charge < -0.3 is 14.5 Å². The topological polar surface area (TPSA) is 64.4 Å². The van der Waals surface area contributed by atoms with Gasteiger partial charge in [-0.2, -0.15) is 0 Å². The molecular formula is C19H22N2O3S2. The molecule has 2 aromatic heterocycles. The Morgan fingerprint density at radius 1 is 1.42 bits per heavy atom. The third-order valence-electron chi connectivity index (χ3n) is 4.04. The number of nitrogens with one attached hydrogen (secondary N) is 1. The molecule has 1 aromatic carbocycles. The lowest BCUT2D eigenvalue weighted by atomic mass is 10.1. The van der Waals surface area contributed by atoms with Crippen molar-refractivity contribution in [2.45, 2.75) is 36.4 Å². The van der Waals surface area contributed by atoms with E-state index in [9.17, 15) is 4.79 Å². The van der Waals surface area contributed by atoms with Gasteiger partial charge in [0.2, 0.25) is 0 Å². The lowest BCUT2D eigenvalue weighted by molar-refractivity contribution is 0.0868. The number of hydrogen-bond donors (Lipinski definition) is 1. The summed E-state index contributed by atoms with van der Waals surface area (Å²) in [5.41, 5.74) is 2.64. The van der Waals surface area contributed by atoms with E-state index >= 15 is 0 Å². The van der Waals surface area contributed by atoms with E-state index in [1.807, 2.05) is 43.5 Å². The number of nitrogens with zero attached hydrogens (tertiary/aromatic N) is 1. The van der Waals surface area contributed by atoms with E-state index in [0.717, 1.165) is 33.0 Å². The van der Waals surface area contributed by atoms with Crippen molar-refractivity contribution in [2.75, 3.05) is 13.7 Å². The van der Waals surface area contributed by atoms with Gasteiger partial charge in [-0.1, -0.05) is 36.9 Å². The molecule has 1 N–H and O–H groups in total. The van der Waals surface area contributed by atoms with Crippen molar-refractivity contribution < 1.29 is 13.9 Å². The van der Waals surface area contributed by atoms with Crippen LogP contribution in [-0.2, 0) is 10.5 Å². The highest BCUT2D eigenvalue weighted by Gasteiger charge is 2.22. The predicted molar refractivity (Wildman–Crippen MR) is 106 cm³/mol. The molecule has 7 heteroatoms. The molecule has 0 saturated carbocycles. The van der Waals surface area contributed by atoms with Crippen molar-refractivity contribution in [2.24, 2.45) is 0 Å². The van der Waals surface area contributed by atoms with E-state index in [-0.39, 0.29) is 11.9 Å². The Morgan fingerprint density at radius 2 is 2.23 bits per heavy atom. The molecule has 3 rings (SSSR count). The standard InChI is InChI=1S/C19H22N2O3S2/c1-4-13(9-23-3)21-18(22)17-15(11-26-19-20-12(2)10-25-19)14-7-5-6-8-16(14)24-17/h5-8,10,13H,4,9,11H2,1-3H3,(H,21,22). The molecule has 2 heterocycles. The summed E-state index contributed by atoms with van der Waals surface area (Å²) in [6.07, 6.45) is 0.794. The molecular weight excluding hydrogens is 368 g/mol. The number of aromatic nitrogens is 1. The molecule has 138 valence electrons. The van der Waals surface area contributed by atoms with E-state index in [1.54, 1.807) is 30.2 Å². The third-order valence-corrected chi connectivity index (χ3v) is 6.20. The van der Waals surface area contributed by atoms with Crippen LogP contribution < -0.4 is 5.32 Å². The number of furan rings is 1. The number of thiazole rings is 1.